The predicted molar refractivity (Wildman–Crippen MR) is 75.1 cm³/mol. The van der Waals surface area contributed by atoms with E-state index in [1.807, 2.05) is 6.92 Å². The molecular formula is C12H24F3N3O2S. The lowest BCUT2D eigenvalue weighted by molar-refractivity contribution is -0.132. The van der Waals surface area contributed by atoms with Crippen molar-refractivity contribution >= 4 is 10.2 Å². The zero-order chi connectivity index (χ0) is 15.9. The average Bonchev–Trinajstić information content (AvgIpc) is 2.37. The number of hydrogen-bond donors (Lipinski definition) is 2. The fourth-order valence-corrected chi connectivity index (χ4v) is 3.81. The van der Waals surface area contributed by atoms with E-state index in [-0.39, 0.29) is 6.04 Å². The Bertz CT molecular complexity index is 401. The molecule has 21 heavy (non-hydrogen) atoms. The van der Waals surface area contributed by atoms with Gasteiger partial charge in [0.05, 0.1) is 6.42 Å². The van der Waals surface area contributed by atoms with Crippen LogP contribution in [0.3, 0.4) is 0 Å². The highest BCUT2D eigenvalue weighted by Gasteiger charge is 2.33. The molecule has 1 unspecified atom stereocenters. The normalized spacial score (nSPS) is 21.6. The summed E-state index contributed by atoms with van der Waals surface area (Å²) < 4.78 is 63.9. The molecule has 0 bridgehead atoms. The fraction of sp³-hybridized carbons (Fsp3) is 1.00. The van der Waals surface area contributed by atoms with Gasteiger partial charge in [-0.15, -0.1) is 0 Å². The maximum absolute atomic E-state index is 12.1. The lowest BCUT2D eigenvalue weighted by atomic mass is 10.1. The minimum absolute atomic E-state index is 0.186. The zero-order valence-corrected chi connectivity index (χ0v) is 13.1. The van der Waals surface area contributed by atoms with E-state index in [0.717, 1.165) is 32.2 Å². The second kappa shape index (κ2) is 8.30. The van der Waals surface area contributed by atoms with Gasteiger partial charge in [-0.3, -0.25) is 0 Å². The molecule has 0 amide bonds. The fourth-order valence-electron chi connectivity index (χ4n) is 2.34. The molecule has 0 aromatic carbocycles. The maximum Gasteiger partial charge on any atom is 0.390 e. The van der Waals surface area contributed by atoms with E-state index in [1.165, 1.54) is 4.31 Å². The topological polar surface area (TPSA) is 61.4 Å². The Labute approximate surface area is 124 Å². The van der Waals surface area contributed by atoms with Crippen molar-refractivity contribution in [3.63, 3.8) is 0 Å². The van der Waals surface area contributed by atoms with Gasteiger partial charge in [-0.25, -0.2) is 4.72 Å². The molecule has 1 rings (SSSR count). The minimum Gasteiger partial charge on any atom is -0.315 e. The molecule has 1 heterocycles. The number of nitrogens with one attached hydrogen (secondary N) is 2. The lowest BCUT2D eigenvalue weighted by Gasteiger charge is -2.34. The number of rotatable bonds is 8. The first kappa shape index (κ1) is 18.7. The van der Waals surface area contributed by atoms with Crippen molar-refractivity contribution < 1.29 is 21.6 Å². The van der Waals surface area contributed by atoms with Crippen molar-refractivity contribution in [2.45, 2.75) is 51.2 Å². The van der Waals surface area contributed by atoms with Crippen molar-refractivity contribution in [2.75, 3.05) is 26.2 Å². The van der Waals surface area contributed by atoms with Crippen molar-refractivity contribution in [3.05, 3.63) is 0 Å². The molecule has 1 aliphatic heterocycles. The summed E-state index contributed by atoms with van der Waals surface area (Å²) in [6, 6.07) is -0.186. The Morgan fingerprint density at radius 1 is 1.24 bits per heavy atom. The number of hydrogen-bond acceptors (Lipinski definition) is 3. The Morgan fingerprint density at radius 2 is 1.95 bits per heavy atom. The monoisotopic (exact) mass is 331 g/mol. The van der Waals surface area contributed by atoms with Crippen LogP contribution in [0, 0.1) is 0 Å². The van der Waals surface area contributed by atoms with Gasteiger partial charge in [0.1, 0.15) is 0 Å². The predicted octanol–water partition coefficient (Wildman–Crippen LogP) is 1.63. The van der Waals surface area contributed by atoms with Gasteiger partial charge >= 0.3 is 6.18 Å². The first-order valence-corrected chi connectivity index (χ1v) is 8.74. The molecule has 126 valence electrons. The third kappa shape index (κ3) is 6.94. The summed E-state index contributed by atoms with van der Waals surface area (Å²) in [6.45, 7) is 3.10. The summed E-state index contributed by atoms with van der Waals surface area (Å²) in [4.78, 5) is 0. The summed E-state index contributed by atoms with van der Waals surface area (Å²) in [5, 5.41) is 3.17. The first-order valence-electron chi connectivity index (χ1n) is 7.30. The maximum atomic E-state index is 12.1. The highest BCUT2D eigenvalue weighted by Crippen LogP contribution is 2.21. The van der Waals surface area contributed by atoms with Crippen molar-refractivity contribution in [2.24, 2.45) is 0 Å². The Kier molecular flexibility index (Phi) is 7.38. The molecule has 5 nitrogen and oxygen atoms in total. The molecule has 0 aromatic heterocycles. The van der Waals surface area contributed by atoms with Gasteiger partial charge in [0.15, 0.2) is 0 Å². The Balaban J connectivity index is 2.55. The molecule has 1 saturated heterocycles. The second-order valence-corrected chi connectivity index (χ2v) is 6.94. The van der Waals surface area contributed by atoms with E-state index in [9.17, 15) is 21.6 Å². The van der Waals surface area contributed by atoms with E-state index in [1.54, 1.807) is 0 Å². The summed E-state index contributed by atoms with van der Waals surface area (Å²) >= 11 is 0. The van der Waals surface area contributed by atoms with Crippen LogP contribution in [0.15, 0.2) is 0 Å². The largest absolute Gasteiger partial charge is 0.390 e. The van der Waals surface area contributed by atoms with Crippen LogP contribution in [-0.2, 0) is 10.2 Å². The molecule has 1 atom stereocenters. The van der Waals surface area contributed by atoms with Crippen LogP contribution in [0.5, 0.6) is 0 Å². The number of piperidine rings is 1. The van der Waals surface area contributed by atoms with E-state index in [2.05, 4.69) is 10.0 Å². The molecule has 0 aliphatic carbocycles. The SMILES string of the molecule is CCCNCC1CCCCN1S(=O)(=O)NCCC(F)(F)F. The average molecular weight is 331 g/mol. The quantitative estimate of drug-likeness (QED) is 0.665. The van der Waals surface area contributed by atoms with Gasteiger partial charge in [-0.1, -0.05) is 13.3 Å². The van der Waals surface area contributed by atoms with Gasteiger partial charge in [-0.2, -0.15) is 25.9 Å². The van der Waals surface area contributed by atoms with Crippen molar-refractivity contribution in [3.8, 4) is 0 Å². The van der Waals surface area contributed by atoms with Gasteiger partial charge in [0, 0.05) is 25.7 Å². The minimum atomic E-state index is -4.35. The van der Waals surface area contributed by atoms with Crippen LogP contribution < -0.4 is 10.0 Å². The van der Waals surface area contributed by atoms with Crippen LogP contribution in [-0.4, -0.2) is 51.1 Å². The van der Waals surface area contributed by atoms with E-state index >= 15 is 0 Å². The van der Waals surface area contributed by atoms with E-state index in [4.69, 9.17) is 0 Å². The number of halogens is 3. The van der Waals surface area contributed by atoms with E-state index < -0.39 is 29.4 Å². The molecule has 0 radical (unpaired) electrons. The molecular weight excluding hydrogens is 307 g/mol. The molecule has 1 fully saturated rings. The van der Waals surface area contributed by atoms with Gasteiger partial charge < -0.3 is 5.32 Å². The molecule has 1 aliphatic rings. The molecule has 9 heteroatoms. The van der Waals surface area contributed by atoms with Crippen LogP contribution in [0.1, 0.15) is 39.0 Å². The molecule has 0 saturated carbocycles. The zero-order valence-electron chi connectivity index (χ0n) is 12.2. The molecule has 2 N–H and O–H groups in total. The lowest BCUT2D eigenvalue weighted by Crippen LogP contribution is -2.52. The van der Waals surface area contributed by atoms with Crippen molar-refractivity contribution in [1.29, 1.82) is 0 Å². The van der Waals surface area contributed by atoms with Gasteiger partial charge in [0.25, 0.3) is 10.2 Å². The van der Waals surface area contributed by atoms with Crippen LogP contribution in [0.25, 0.3) is 0 Å². The Hall–Kier alpha value is -0.380. The van der Waals surface area contributed by atoms with Crippen LogP contribution >= 0.6 is 0 Å². The standard InChI is InChI=1S/C12H24F3N3O2S/c1-2-7-16-10-11-5-3-4-9-18(11)21(19,20)17-8-6-12(13,14)15/h11,16-17H,2-10H2,1H3. The third-order valence-electron chi connectivity index (χ3n) is 3.38. The number of alkyl halides is 3. The summed E-state index contributed by atoms with van der Waals surface area (Å²) in [6.07, 6.45) is -2.15. The Morgan fingerprint density at radius 3 is 2.57 bits per heavy atom. The number of nitrogens with zero attached hydrogens (tertiary/aromatic N) is 1. The summed E-state index contributed by atoms with van der Waals surface area (Å²) in [5.74, 6) is 0. The highest BCUT2D eigenvalue weighted by atomic mass is 32.2. The second-order valence-electron chi connectivity index (χ2n) is 5.23. The summed E-state index contributed by atoms with van der Waals surface area (Å²) in [5.41, 5.74) is 0. The molecule has 0 aromatic rings. The van der Waals surface area contributed by atoms with Crippen LogP contribution in [0.4, 0.5) is 13.2 Å². The molecule has 0 spiro atoms. The van der Waals surface area contributed by atoms with Gasteiger partial charge in [-0.05, 0) is 25.8 Å². The van der Waals surface area contributed by atoms with Crippen molar-refractivity contribution in [1.82, 2.24) is 14.3 Å². The van der Waals surface area contributed by atoms with Crippen LogP contribution in [0.2, 0.25) is 0 Å². The van der Waals surface area contributed by atoms with Gasteiger partial charge in [0.2, 0.25) is 0 Å². The smallest absolute Gasteiger partial charge is 0.315 e. The third-order valence-corrected chi connectivity index (χ3v) is 5.05. The highest BCUT2D eigenvalue weighted by molar-refractivity contribution is 7.87. The first-order chi connectivity index (χ1) is 9.76. The van der Waals surface area contributed by atoms with E-state index in [0.29, 0.717) is 13.1 Å². The summed E-state index contributed by atoms with van der Waals surface area (Å²) in [7, 11) is -3.85.